The van der Waals surface area contributed by atoms with Crippen LogP contribution in [0, 0.1) is 12.3 Å². The van der Waals surface area contributed by atoms with Gasteiger partial charge in [0.05, 0.1) is 6.04 Å². The van der Waals surface area contributed by atoms with Gasteiger partial charge in [-0.25, -0.2) is 9.78 Å². The molecule has 6 heteroatoms. The molecule has 0 spiro atoms. The standard InChI is InChI=1S/C15H27N3O2S/c1-11-9-21-13(16-11)12(2)17-14(20)18(7-6-8-19)10-15(3,4)5/h9,12,19H,6-8,10H2,1-5H3,(H,17,20). The van der Waals surface area contributed by atoms with E-state index in [1.165, 1.54) is 0 Å². The van der Waals surface area contributed by atoms with E-state index in [0.29, 0.717) is 19.5 Å². The SMILES string of the molecule is Cc1csc(C(C)NC(=O)N(CCCO)CC(C)(C)C)n1. The summed E-state index contributed by atoms with van der Waals surface area (Å²) in [5.74, 6) is 0. The predicted molar refractivity (Wildman–Crippen MR) is 86.5 cm³/mol. The third-order valence-electron chi connectivity index (χ3n) is 2.89. The van der Waals surface area contributed by atoms with Gasteiger partial charge in [-0.3, -0.25) is 0 Å². The normalized spacial score (nSPS) is 13.0. The maximum Gasteiger partial charge on any atom is 0.317 e. The summed E-state index contributed by atoms with van der Waals surface area (Å²) in [7, 11) is 0. The summed E-state index contributed by atoms with van der Waals surface area (Å²) in [5, 5.41) is 14.9. The Morgan fingerprint density at radius 1 is 1.52 bits per heavy atom. The summed E-state index contributed by atoms with van der Waals surface area (Å²) in [6.45, 7) is 11.5. The largest absolute Gasteiger partial charge is 0.396 e. The highest BCUT2D eigenvalue weighted by molar-refractivity contribution is 7.09. The zero-order chi connectivity index (χ0) is 16.0. The number of aryl methyl sites for hydroxylation is 1. The van der Waals surface area contributed by atoms with E-state index in [4.69, 9.17) is 5.11 Å². The number of rotatable bonds is 6. The Hall–Kier alpha value is -1.14. The first-order valence-corrected chi connectivity index (χ1v) is 8.19. The van der Waals surface area contributed by atoms with Gasteiger partial charge in [0, 0.05) is 30.8 Å². The van der Waals surface area contributed by atoms with Crippen LogP contribution >= 0.6 is 11.3 Å². The van der Waals surface area contributed by atoms with Crippen molar-refractivity contribution < 1.29 is 9.90 Å². The Bertz CT molecular complexity index is 454. The molecule has 5 nitrogen and oxygen atoms in total. The van der Waals surface area contributed by atoms with E-state index >= 15 is 0 Å². The van der Waals surface area contributed by atoms with Crippen molar-refractivity contribution >= 4 is 17.4 Å². The highest BCUT2D eigenvalue weighted by Crippen LogP contribution is 2.19. The number of aliphatic hydroxyl groups is 1. The summed E-state index contributed by atoms with van der Waals surface area (Å²) in [4.78, 5) is 18.6. The molecule has 1 aromatic heterocycles. The van der Waals surface area contributed by atoms with Crippen LogP contribution in [0.5, 0.6) is 0 Å². The van der Waals surface area contributed by atoms with Gasteiger partial charge < -0.3 is 15.3 Å². The first kappa shape index (κ1) is 17.9. The first-order valence-electron chi connectivity index (χ1n) is 7.31. The number of aliphatic hydroxyl groups excluding tert-OH is 1. The van der Waals surface area contributed by atoms with Gasteiger partial charge in [0.1, 0.15) is 5.01 Å². The maximum atomic E-state index is 12.4. The van der Waals surface area contributed by atoms with Crippen molar-refractivity contribution in [1.29, 1.82) is 0 Å². The van der Waals surface area contributed by atoms with Crippen LogP contribution in [0.3, 0.4) is 0 Å². The summed E-state index contributed by atoms with van der Waals surface area (Å²) >= 11 is 1.56. The lowest BCUT2D eigenvalue weighted by molar-refractivity contribution is 0.162. The van der Waals surface area contributed by atoms with Crippen molar-refractivity contribution in [3.05, 3.63) is 16.1 Å². The summed E-state index contributed by atoms with van der Waals surface area (Å²) in [5.41, 5.74) is 0.997. The van der Waals surface area contributed by atoms with Gasteiger partial charge in [-0.15, -0.1) is 11.3 Å². The number of nitrogens with zero attached hydrogens (tertiary/aromatic N) is 2. The van der Waals surface area contributed by atoms with Gasteiger partial charge in [0.15, 0.2) is 0 Å². The fourth-order valence-corrected chi connectivity index (χ4v) is 2.80. The zero-order valence-corrected chi connectivity index (χ0v) is 14.5. The van der Waals surface area contributed by atoms with E-state index in [1.54, 1.807) is 16.2 Å². The number of hydrogen-bond acceptors (Lipinski definition) is 4. The molecular formula is C15H27N3O2S. The number of urea groups is 1. The van der Waals surface area contributed by atoms with Crippen molar-refractivity contribution in [2.45, 2.75) is 47.1 Å². The molecular weight excluding hydrogens is 286 g/mol. The highest BCUT2D eigenvalue weighted by atomic mass is 32.1. The lowest BCUT2D eigenvalue weighted by Gasteiger charge is -2.31. The number of aromatic nitrogens is 1. The van der Waals surface area contributed by atoms with Gasteiger partial charge in [-0.1, -0.05) is 20.8 Å². The lowest BCUT2D eigenvalue weighted by atomic mass is 9.96. The predicted octanol–water partition coefficient (Wildman–Crippen LogP) is 2.95. The number of amides is 2. The molecule has 0 aliphatic heterocycles. The summed E-state index contributed by atoms with van der Waals surface area (Å²) in [6.07, 6.45) is 0.592. The second kappa shape index (κ2) is 7.75. The summed E-state index contributed by atoms with van der Waals surface area (Å²) < 4.78 is 0. The van der Waals surface area contributed by atoms with Gasteiger partial charge in [-0.2, -0.15) is 0 Å². The van der Waals surface area contributed by atoms with Crippen molar-refractivity contribution in [3.8, 4) is 0 Å². The van der Waals surface area contributed by atoms with Crippen molar-refractivity contribution in [2.75, 3.05) is 19.7 Å². The van der Waals surface area contributed by atoms with Gasteiger partial charge in [0.25, 0.3) is 0 Å². The van der Waals surface area contributed by atoms with E-state index in [2.05, 4.69) is 31.1 Å². The molecule has 21 heavy (non-hydrogen) atoms. The average Bonchev–Trinajstić information content (AvgIpc) is 2.79. The second-order valence-corrected chi connectivity index (χ2v) is 7.45. The van der Waals surface area contributed by atoms with Crippen molar-refractivity contribution in [3.63, 3.8) is 0 Å². The molecule has 1 rings (SSSR count). The van der Waals surface area contributed by atoms with Crippen LogP contribution in [0.4, 0.5) is 4.79 Å². The molecule has 1 unspecified atom stereocenters. The second-order valence-electron chi connectivity index (χ2n) is 6.56. The molecule has 0 fully saturated rings. The van der Waals surface area contributed by atoms with Crippen molar-refractivity contribution in [1.82, 2.24) is 15.2 Å². The third-order valence-corrected chi connectivity index (χ3v) is 4.03. The molecule has 120 valence electrons. The Kier molecular flexibility index (Phi) is 6.61. The summed E-state index contributed by atoms with van der Waals surface area (Å²) in [6, 6.07) is -0.202. The number of carbonyl (C=O) groups excluding carboxylic acids is 1. The average molecular weight is 313 g/mol. The maximum absolute atomic E-state index is 12.4. The molecule has 0 aliphatic carbocycles. The van der Waals surface area contributed by atoms with E-state index in [-0.39, 0.29) is 24.1 Å². The number of nitrogens with one attached hydrogen (secondary N) is 1. The lowest BCUT2D eigenvalue weighted by Crippen LogP contribution is -2.45. The molecule has 0 aliphatic rings. The monoisotopic (exact) mass is 313 g/mol. The molecule has 0 saturated carbocycles. The molecule has 0 aromatic carbocycles. The number of carbonyl (C=O) groups is 1. The minimum Gasteiger partial charge on any atom is -0.396 e. The fraction of sp³-hybridized carbons (Fsp3) is 0.733. The molecule has 2 N–H and O–H groups in total. The number of hydrogen-bond donors (Lipinski definition) is 2. The van der Waals surface area contributed by atoms with Crippen LogP contribution in [0.15, 0.2) is 5.38 Å². The van der Waals surface area contributed by atoms with Gasteiger partial charge in [-0.05, 0) is 25.7 Å². The molecule has 0 radical (unpaired) electrons. The Morgan fingerprint density at radius 3 is 2.67 bits per heavy atom. The number of thiazole rings is 1. The Balaban J connectivity index is 2.66. The van der Waals surface area contributed by atoms with Crippen LogP contribution in [0.1, 0.15) is 50.9 Å². The van der Waals surface area contributed by atoms with Crippen molar-refractivity contribution in [2.24, 2.45) is 5.41 Å². The van der Waals surface area contributed by atoms with E-state index in [1.807, 2.05) is 19.2 Å². The smallest absolute Gasteiger partial charge is 0.317 e. The van der Waals surface area contributed by atoms with Crippen LogP contribution in [0.25, 0.3) is 0 Å². The van der Waals surface area contributed by atoms with Crippen LogP contribution in [-0.4, -0.2) is 40.7 Å². The highest BCUT2D eigenvalue weighted by Gasteiger charge is 2.22. The van der Waals surface area contributed by atoms with E-state index in [9.17, 15) is 4.79 Å². The molecule has 1 aromatic rings. The van der Waals surface area contributed by atoms with Gasteiger partial charge in [0.2, 0.25) is 0 Å². The Labute approximate surface area is 131 Å². The van der Waals surface area contributed by atoms with Crippen LogP contribution in [0.2, 0.25) is 0 Å². The molecule has 2 amide bonds. The molecule has 1 atom stereocenters. The topological polar surface area (TPSA) is 65.5 Å². The quantitative estimate of drug-likeness (QED) is 0.848. The first-order chi connectivity index (χ1) is 9.73. The van der Waals surface area contributed by atoms with E-state index in [0.717, 1.165) is 10.7 Å². The molecule has 0 saturated heterocycles. The van der Waals surface area contributed by atoms with Crippen LogP contribution in [-0.2, 0) is 0 Å². The Morgan fingerprint density at radius 2 is 2.19 bits per heavy atom. The molecule has 0 bridgehead atoms. The van der Waals surface area contributed by atoms with Gasteiger partial charge >= 0.3 is 6.03 Å². The van der Waals surface area contributed by atoms with Crippen LogP contribution < -0.4 is 5.32 Å². The minimum atomic E-state index is -0.104. The minimum absolute atomic E-state index is 0.0216. The third kappa shape index (κ3) is 6.44. The van der Waals surface area contributed by atoms with E-state index < -0.39 is 0 Å². The fourth-order valence-electron chi connectivity index (χ4n) is 2.00. The molecule has 1 heterocycles. The zero-order valence-electron chi connectivity index (χ0n) is 13.6.